The highest BCUT2D eigenvalue weighted by Gasteiger charge is 2.23. The molecule has 0 aliphatic rings. The monoisotopic (exact) mass is 308 g/mol. The fraction of sp³-hybridized carbons (Fsp3) is 0.333. The Labute approximate surface area is 127 Å². The van der Waals surface area contributed by atoms with Gasteiger partial charge in [0.15, 0.2) is 5.69 Å². The summed E-state index contributed by atoms with van der Waals surface area (Å²) >= 11 is 6.14. The van der Waals surface area contributed by atoms with E-state index in [0.29, 0.717) is 21.8 Å². The Kier molecular flexibility index (Phi) is 3.72. The highest BCUT2D eigenvalue weighted by Crippen LogP contribution is 2.40. The molecule has 0 spiro atoms. The number of carboxylic acid groups (broad SMARTS) is 1. The third-order valence-corrected chi connectivity index (χ3v) is 3.48. The van der Waals surface area contributed by atoms with Crippen LogP contribution < -0.4 is 0 Å². The van der Waals surface area contributed by atoms with Crippen molar-refractivity contribution in [3.05, 3.63) is 34.5 Å². The van der Waals surface area contributed by atoms with E-state index in [2.05, 4.69) is 5.10 Å². The number of hydrogen-bond donors (Lipinski definition) is 2. The number of carbonyl (C=O) groups is 1. The van der Waals surface area contributed by atoms with Crippen LogP contribution in [0.3, 0.4) is 0 Å². The average molecular weight is 309 g/mol. The molecule has 21 heavy (non-hydrogen) atoms. The lowest BCUT2D eigenvalue weighted by molar-refractivity contribution is 0.0689. The van der Waals surface area contributed by atoms with Gasteiger partial charge < -0.3 is 10.2 Å². The maximum atomic E-state index is 11.0. The number of hydrogen-bond acceptors (Lipinski definition) is 3. The smallest absolute Gasteiger partial charge is 0.356 e. The highest BCUT2D eigenvalue weighted by atomic mass is 35.5. The standard InChI is InChI=1S/C15H17ClN2O3/c1-15(2,3)10-6-8(16)5-9(13(10)19)12-7-11(14(20)21)17-18(12)4/h5-7,19H,1-4H3,(H,20,21). The second kappa shape index (κ2) is 5.07. The molecule has 1 aromatic carbocycles. The molecule has 0 radical (unpaired) electrons. The minimum Gasteiger partial charge on any atom is -0.507 e. The number of nitrogens with zero attached hydrogens (tertiary/aromatic N) is 2. The molecule has 0 unspecified atom stereocenters. The van der Waals surface area contributed by atoms with Crippen LogP contribution >= 0.6 is 11.6 Å². The van der Waals surface area contributed by atoms with Crippen LogP contribution in [0.15, 0.2) is 18.2 Å². The van der Waals surface area contributed by atoms with Crippen molar-refractivity contribution in [2.45, 2.75) is 26.2 Å². The summed E-state index contributed by atoms with van der Waals surface area (Å²) in [7, 11) is 1.62. The second-order valence-corrected chi connectivity index (χ2v) is 6.38. The third kappa shape index (κ3) is 2.88. The predicted molar refractivity (Wildman–Crippen MR) is 81.0 cm³/mol. The van der Waals surface area contributed by atoms with Crippen LogP contribution in [0.5, 0.6) is 5.75 Å². The zero-order valence-electron chi connectivity index (χ0n) is 12.3. The van der Waals surface area contributed by atoms with Gasteiger partial charge in [-0.05, 0) is 23.6 Å². The molecule has 1 aromatic heterocycles. The molecule has 0 saturated heterocycles. The molecule has 0 bridgehead atoms. The van der Waals surface area contributed by atoms with Crippen molar-refractivity contribution in [2.75, 3.05) is 0 Å². The topological polar surface area (TPSA) is 75.4 Å². The van der Waals surface area contributed by atoms with Crippen LogP contribution in [0.4, 0.5) is 0 Å². The minimum atomic E-state index is -1.12. The van der Waals surface area contributed by atoms with Crippen LogP contribution in [0.1, 0.15) is 36.8 Å². The Hall–Kier alpha value is -2.01. The number of carboxylic acids is 1. The highest BCUT2D eigenvalue weighted by molar-refractivity contribution is 6.31. The molecule has 6 heteroatoms. The second-order valence-electron chi connectivity index (χ2n) is 5.94. The van der Waals surface area contributed by atoms with Crippen molar-refractivity contribution >= 4 is 17.6 Å². The Morgan fingerprint density at radius 3 is 2.38 bits per heavy atom. The van der Waals surface area contributed by atoms with E-state index in [-0.39, 0.29) is 16.9 Å². The van der Waals surface area contributed by atoms with Crippen LogP contribution in [0, 0.1) is 0 Å². The third-order valence-electron chi connectivity index (χ3n) is 3.26. The first-order valence-electron chi connectivity index (χ1n) is 6.42. The van der Waals surface area contributed by atoms with Gasteiger partial charge in [-0.25, -0.2) is 4.79 Å². The molecular formula is C15H17ClN2O3. The van der Waals surface area contributed by atoms with E-state index < -0.39 is 5.97 Å². The lowest BCUT2D eigenvalue weighted by Gasteiger charge is -2.22. The normalized spacial score (nSPS) is 11.7. The summed E-state index contributed by atoms with van der Waals surface area (Å²) < 4.78 is 1.42. The van der Waals surface area contributed by atoms with Crippen LogP contribution in [-0.2, 0) is 12.5 Å². The number of aromatic nitrogens is 2. The first kappa shape index (κ1) is 15.4. The molecule has 2 aromatic rings. The maximum Gasteiger partial charge on any atom is 0.356 e. The lowest BCUT2D eigenvalue weighted by Crippen LogP contribution is -2.12. The van der Waals surface area contributed by atoms with E-state index in [1.807, 2.05) is 20.8 Å². The van der Waals surface area contributed by atoms with Crippen molar-refractivity contribution in [1.82, 2.24) is 9.78 Å². The van der Waals surface area contributed by atoms with Gasteiger partial charge in [0.2, 0.25) is 0 Å². The molecule has 0 fully saturated rings. The number of halogens is 1. The van der Waals surface area contributed by atoms with Gasteiger partial charge in [0.1, 0.15) is 5.75 Å². The number of aromatic carboxylic acids is 1. The van der Waals surface area contributed by atoms with Gasteiger partial charge in [0.25, 0.3) is 0 Å². The Balaban J connectivity index is 2.70. The molecular weight excluding hydrogens is 292 g/mol. The van der Waals surface area contributed by atoms with E-state index in [4.69, 9.17) is 16.7 Å². The van der Waals surface area contributed by atoms with Gasteiger partial charge in [0.05, 0.1) is 5.69 Å². The number of phenols is 1. The van der Waals surface area contributed by atoms with Crippen molar-refractivity contribution in [3.8, 4) is 17.0 Å². The lowest BCUT2D eigenvalue weighted by atomic mass is 9.85. The van der Waals surface area contributed by atoms with Gasteiger partial charge in [0, 0.05) is 23.2 Å². The maximum absolute atomic E-state index is 11.0. The average Bonchev–Trinajstić information content (AvgIpc) is 2.72. The molecule has 5 nitrogen and oxygen atoms in total. The Bertz CT molecular complexity index is 714. The number of aromatic hydroxyl groups is 1. The number of phenolic OH excluding ortho intramolecular Hbond substituents is 1. The van der Waals surface area contributed by atoms with Crippen molar-refractivity contribution in [2.24, 2.45) is 7.05 Å². The van der Waals surface area contributed by atoms with Gasteiger partial charge in [-0.15, -0.1) is 0 Å². The summed E-state index contributed by atoms with van der Waals surface area (Å²) in [6.45, 7) is 5.90. The van der Waals surface area contributed by atoms with Crippen LogP contribution in [-0.4, -0.2) is 26.0 Å². The summed E-state index contributed by atoms with van der Waals surface area (Å²) in [6, 6.07) is 4.74. The van der Waals surface area contributed by atoms with Crippen molar-refractivity contribution < 1.29 is 15.0 Å². The number of benzene rings is 1. The zero-order valence-corrected chi connectivity index (χ0v) is 13.1. The Morgan fingerprint density at radius 1 is 1.29 bits per heavy atom. The summed E-state index contributed by atoms with van der Waals surface area (Å²) in [6.07, 6.45) is 0. The van der Waals surface area contributed by atoms with Gasteiger partial charge >= 0.3 is 5.97 Å². The molecule has 0 aliphatic carbocycles. The quantitative estimate of drug-likeness (QED) is 0.891. The SMILES string of the molecule is Cn1nc(C(=O)O)cc1-c1cc(Cl)cc(C(C)(C)C)c1O. The Morgan fingerprint density at radius 2 is 1.90 bits per heavy atom. The fourth-order valence-electron chi connectivity index (χ4n) is 2.19. The van der Waals surface area contributed by atoms with Crippen molar-refractivity contribution in [3.63, 3.8) is 0 Å². The summed E-state index contributed by atoms with van der Waals surface area (Å²) in [5.74, 6) is -1.03. The van der Waals surface area contributed by atoms with E-state index >= 15 is 0 Å². The van der Waals surface area contributed by atoms with E-state index in [1.54, 1.807) is 19.2 Å². The van der Waals surface area contributed by atoms with E-state index in [1.165, 1.54) is 10.7 Å². The minimum absolute atomic E-state index is 0.0795. The van der Waals surface area contributed by atoms with Gasteiger partial charge in [-0.2, -0.15) is 5.10 Å². The summed E-state index contributed by atoms with van der Waals surface area (Å²) in [5.41, 5.74) is 1.29. The van der Waals surface area contributed by atoms with Gasteiger partial charge in [-0.1, -0.05) is 32.4 Å². The molecule has 0 saturated carbocycles. The molecule has 0 atom stereocenters. The largest absolute Gasteiger partial charge is 0.507 e. The zero-order chi connectivity index (χ0) is 15.9. The van der Waals surface area contributed by atoms with Gasteiger partial charge in [-0.3, -0.25) is 4.68 Å². The van der Waals surface area contributed by atoms with E-state index in [9.17, 15) is 9.90 Å². The van der Waals surface area contributed by atoms with Crippen LogP contribution in [0.2, 0.25) is 5.02 Å². The van der Waals surface area contributed by atoms with E-state index in [0.717, 1.165) is 0 Å². The molecule has 2 N–H and O–H groups in total. The fourth-order valence-corrected chi connectivity index (χ4v) is 2.41. The predicted octanol–water partition coefficient (Wildman–Crippen LogP) is 3.44. The first-order valence-corrected chi connectivity index (χ1v) is 6.79. The summed E-state index contributed by atoms with van der Waals surface area (Å²) in [4.78, 5) is 11.0. The first-order chi connectivity index (χ1) is 9.61. The molecule has 0 aliphatic heterocycles. The molecule has 0 amide bonds. The number of aryl methyl sites for hydroxylation is 1. The van der Waals surface area contributed by atoms with Crippen molar-refractivity contribution in [1.29, 1.82) is 0 Å². The number of rotatable bonds is 2. The molecule has 1 heterocycles. The summed E-state index contributed by atoms with van der Waals surface area (Å²) in [5, 5.41) is 23.9. The molecule has 2 rings (SSSR count). The van der Waals surface area contributed by atoms with Crippen LogP contribution in [0.25, 0.3) is 11.3 Å². The molecule has 112 valence electrons.